The van der Waals surface area contributed by atoms with Crippen LogP contribution in [0.5, 0.6) is 5.88 Å². The summed E-state index contributed by atoms with van der Waals surface area (Å²) < 4.78 is 33.8. The molecule has 1 saturated heterocycles. The van der Waals surface area contributed by atoms with Gasteiger partial charge >= 0.3 is 0 Å². The zero-order valence-electron chi connectivity index (χ0n) is 14.2. The van der Waals surface area contributed by atoms with E-state index in [1.807, 2.05) is 0 Å². The average molecular weight is 363 g/mol. The van der Waals surface area contributed by atoms with E-state index in [1.54, 1.807) is 36.7 Å². The molecule has 0 spiro atoms. The Morgan fingerprint density at radius 1 is 1.20 bits per heavy atom. The van der Waals surface area contributed by atoms with Gasteiger partial charge in [-0.25, -0.2) is 13.4 Å². The number of hydrogen-bond donors (Lipinski definition) is 1. The summed E-state index contributed by atoms with van der Waals surface area (Å²) in [6, 6.07) is 0. The maximum absolute atomic E-state index is 13.1. The van der Waals surface area contributed by atoms with Crippen LogP contribution in [-0.2, 0) is 10.0 Å². The smallest absolute Gasteiger partial charge is 0.246 e. The Hall–Kier alpha value is -2.00. The predicted octanol–water partition coefficient (Wildman–Crippen LogP) is 1.29. The molecule has 25 heavy (non-hydrogen) atoms. The van der Waals surface area contributed by atoms with Crippen molar-refractivity contribution in [2.24, 2.45) is 11.8 Å². The minimum Gasteiger partial charge on any atom is -0.473 e. The fourth-order valence-electron chi connectivity index (χ4n) is 4.05. The van der Waals surface area contributed by atoms with Crippen LogP contribution in [0.25, 0.3) is 0 Å². The van der Waals surface area contributed by atoms with Gasteiger partial charge in [0, 0.05) is 37.3 Å². The lowest BCUT2D eigenvalue weighted by molar-refractivity contribution is 0.0605. The summed E-state index contributed by atoms with van der Waals surface area (Å²) in [7, 11) is -3.55. The zero-order valence-corrected chi connectivity index (χ0v) is 15.0. The molecule has 1 aliphatic heterocycles. The van der Waals surface area contributed by atoms with Gasteiger partial charge in [0.15, 0.2) is 0 Å². The third-order valence-corrected chi connectivity index (χ3v) is 7.26. The second-order valence-corrected chi connectivity index (χ2v) is 8.68. The van der Waals surface area contributed by atoms with Crippen molar-refractivity contribution in [1.29, 1.82) is 0 Å². The van der Waals surface area contributed by atoms with Gasteiger partial charge in [-0.1, -0.05) is 0 Å². The second-order valence-electron chi connectivity index (χ2n) is 6.81. The predicted molar refractivity (Wildman–Crippen MR) is 89.5 cm³/mol. The van der Waals surface area contributed by atoms with E-state index in [-0.39, 0.29) is 17.9 Å². The minimum atomic E-state index is -3.55. The molecule has 134 valence electrons. The van der Waals surface area contributed by atoms with Gasteiger partial charge in [-0.05, 0) is 26.7 Å². The Kier molecular flexibility index (Phi) is 3.99. The van der Waals surface area contributed by atoms with E-state index in [4.69, 9.17) is 4.74 Å². The Bertz CT molecular complexity index is 834. The lowest BCUT2D eigenvalue weighted by Gasteiger charge is -2.36. The highest BCUT2D eigenvalue weighted by Gasteiger charge is 2.47. The summed E-state index contributed by atoms with van der Waals surface area (Å²) in [5.41, 5.74) is 1.10. The number of piperidine rings is 1. The number of hydrogen-bond acceptors (Lipinski definition) is 6. The van der Waals surface area contributed by atoms with Gasteiger partial charge < -0.3 is 4.74 Å². The molecule has 0 unspecified atom stereocenters. The van der Waals surface area contributed by atoms with Gasteiger partial charge in [0.05, 0.1) is 17.6 Å². The maximum Gasteiger partial charge on any atom is 0.246 e. The first-order valence-corrected chi connectivity index (χ1v) is 9.85. The van der Waals surface area contributed by atoms with Crippen LogP contribution >= 0.6 is 0 Å². The summed E-state index contributed by atoms with van der Waals surface area (Å²) in [4.78, 5) is 8.50. The lowest BCUT2D eigenvalue weighted by atomic mass is 9.96. The molecule has 1 saturated carbocycles. The van der Waals surface area contributed by atoms with E-state index in [0.29, 0.717) is 35.3 Å². The highest BCUT2D eigenvalue weighted by Crippen LogP contribution is 2.41. The standard InChI is InChI=1S/C16H21N5O3S/c1-10-16(11(2)20-19-10)25(22,23)21-8-12-3-4-13(9-21)15(12)24-14-7-17-5-6-18-14/h5-7,12-13,15H,3-4,8-9H2,1-2H3,(H,19,20)/t12-,13+,15-. The normalized spacial score (nSPS) is 26.7. The molecule has 2 aliphatic rings. The maximum atomic E-state index is 13.1. The molecular weight excluding hydrogens is 342 g/mol. The molecule has 0 radical (unpaired) electrons. The molecule has 2 fully saturated rings. The van der Waals surface area contributed by atoms with Crippen molar-refractivity contribution in [3.8, 4) is 5.88 Å². The van der Waals surface area contributed by atoms with E-state index in [2.05, 4.69) is 20.2 Å². The number of nitrogens with one attached hydrogen (secondary N) is 1. The third-order valence-electron chi connectivity index (χ3n) is 5.17. The Balaban J connectivity index is 1.55. The number of ether oxygens (including phenoxy) is 1. The average Bonchev–Trinajstić information content (AvgIpc) is 3.03. The van der Waals surface area contributed by atoms with Crippen molar-refractivity contribution in [2.45, 2.75) is 37.7 Å². The van der Waals surface area contributed by atoms with Crippen LogP contribution in [0.3, 0.4) is 0 Å². The zero-order chi connectivity index (χ0) is 17.6. The molecule has 9 heteroatoms. The van der Waals surface area contributed by atoms with Crippen molar-refractivity contribution in [2.75, 3.05) is 13.1 Å². The molecule has 2 aromatic rings. The summed E-state index contributed by atoms with van der Waals surface area (Å²) in [6.07, 6.45) is 6.72. The molecule has 2 bridgehead atoms. The van der Waals surface area contributed by atoms with Gasteiger partial charge in [-0.2, -0.15) is 9.40 Å². The summed E-state index contributed by atoms with van der Waals surface area (Å²) >= 11 is 0. The Morgan fingerprint density at radius 3 is 2.48 bits per heavy atom. The van der Waals surface area contributed by atoms with Crippen molar-refractivity contribution in [3.05, 3.63) is 30.0 Å². The van der Waals surface area contributed by atoms with Gasteiger partial charge in [0.1, 0.15) is 11.0 Å². The molecular formula is C16H21N5O3S. The number of fused-ring (bicyclic) bond motifs is 2. The quantitative estimate of drug-likeness (QED) is 0.878. The highest BCUT2D eigenvalue weighted by atomic mass is 32.2. The van der Waals surface area contributed by atoms with Crippen LogP contribution in [0, 0.1) is 25.7 Å². The van der Waals surface area contributed by atoms with Crippen LogP contribution in [-0.4, -0.2) is 52.1 Å². The van der Waals surface area contributed by atoms with Crippen LogP contribution in [0.4, 0.5) is 0 Å². The largest absolute Gasteiger partial charge is 0.473 e. The van der Waals surface area contributed by atoms with Gasteiger partial charge in [0.2, 0.25) is 15.9 Å². The Labute approximate surface area is 146 Å². The fraction of sp³-hybridized carbons (Fsp3) is 0.562. The van der Waals surface area contributed by atoms with Crippen LogP contribution in [0.15, 0.2) is 23.5 Å². The van der Waals surface area contributed by atoms with E-state index in [0.717, 1.165) is 12.8 Å². The third kappa shape index (κ3) is 2.81. The lowest BCUT2D eigenvalue weighted by Crippen LogP contribution is -2.49. The van der Waals surface area contributed by atoms with Crippen molar-refractivity contribution in [3.63, 3.8) is 0 Å². The van der Waals surface area contributed by atoms with Gasteiger partial charge in [-0.3, -0.25) is 10.1 Å². The van der Waals surface area contributed by atoms with E-state index in [9.17, 15) is 8.42 Å². The molecule has 3 atom stereocenters. The van der Waals surface area contributed by atoms with Crippen molar-refractivity contribution < 1.29 is 13.2 Å². The van der Waals surface area contributed by atoms with Crippen molar-refractivity contribution >= 4 is 10.0 Å². The highest BCUT2D eigenvalue weighted by molar-refractivity contribution is 7.89. The number of rotatable bonds is 4. The number of aromatic nitrogens is 4. The number of H-pyrrole nitrogens is 1. The molecule has 1 N–H and O–H groups in total. The first-order valence-electron chi connectivity index (χ1n) is 8.41. The molecule has 4 rings (SSSR count). The molecule has 3 heterocycles. The van der Waals surface area contributed by atoms with E-state index >= 15 is 0 Å². The van der Waals surface area contributed by atoms with E-state index < -0.39 is 10.0 Å². The first-order chi connectivity index (χ1) is 12.0. The minimum absolute atomic E-state index is 0.00491. The molecule has 0 amide bonds. The number of sulfonamides is 1. The van der Waals surface area contributed by atoms with Crippen LogP contribution < -0.4 is 4.74 Å². The monoisotopic (exact) mass is 363 g/mol. The molecule has 2 aromatic heterocycles. The molecule has 0 aromatic carbocycles. The molecule has 8 nitrogen and oxygen atoms in total. The van der Waals surface area contributed by atoms with E-state index in [1.165, 1.54) is 0 Å². The summed E-state index contributed by atoms with van der Waals surface area (Å²) in [6.45, 7) is 4.39. The first kappa shape index (κ1) is 16.5. The number of aromatic amines is 1. The van der Waals surface area contributed by atoms with Crippen LogP contribution in [0.2, 0.25) is 0 Å². The number of nitrogens with zero attached hydrogens (tertiary/aromatic N) is 4. The number of aryl methyl sites for hydroxylation is 2. The van der Waals surface area contributed by atoms with Crippen molar-refractivity contribution in [1.82, 2.24) is 24.5 Å². The Morgan fingerprint density at radius 2 is 1.92 bits per heavy atom. The fourth-order valence-corrected chi connectivity index (χ4v) is 5.94. The van der Waals surface area contributed by atoms with Gasteiger partial charge in [0.25, 0.3) is 0 Å². The van der Waals surface area contributed by atoms with Gasteiger partial charge in [-0.15, -0.1) is 0 Å². The topological polar surface area (TPSA) is 101 Å². The summed E-state index contributed by atoms with van der Waals surface area (Å²) in [5, 5.41) is 6.80. The second kappa shape index (κ2) is 6.06. The summed E-state index contributed by atoms with van der Waals surface area (Å²) in [5.74, 6) is 0.841. The van der Waals surface area contributed by atoms with Crippen LogP contribution in [0.1, 0.15) is 24.2 Å². The molecule has 1 aliphatic carbocycles. The SMILES string of the molecule is Cc1n[nH]c(C)c1S(=O)(=O)N1C[C@H]2CC[C@@H](C1)[C@@H]2Oc1cnccn1.